The van der Waals surface area contributed by atoms with Gasteiger partial charge in [0, 0.05) is 23.0 Å². The summed E-state index contributed by atoms with van der Waals surface area (Å²) >= 11 is 0. The summed E-state index contributed by atoms with van der Waals surface area (Å²) < 4.78 is 27.0. The zero-order valence-electron chi connectivity index (χ0n) is 16.9. The fourth-order valence-corrected chi connectivity index (χ4v) is 2.98. The molecule has 0 spiro atoms. The standard InChI is InChI=1S/C21H20N2O/c1-21(2,3)14-10-11-22-20(12-14)23-18-7-5-4-6-16(18)17-9-8-15(24)13-19(17)23/h4-13,24H,1-3H3/i10D,11D,12D. The van der Waals surface area contributed by atoms with Crippen molar-refractivity contribution in [3.05, 3.63) is 66.3 Å². The molecule has 120 valence electrons. The molecule has 1 N–H and O–H groups in total. The molecule has 0 aliphatic heterocycles. The molecule has 0 saturated heterocycles. The van der Waals surface area contributed by atoms with Gasteiger partial charge in [0.05, 0.1) is 15.1 Å². The van der Waals surface area contributed by atoms with Crippen LogP contribution in [0.3, 0.4) is 0 Å². The van der Waals surface area contributed by atoms with Crippen molar-refractivity contribution in [3.8, 4) is 11.6 Å². The van der Waals surface area contributed by atoms with Gasteiger partial charge in [0.15, 0.2) is 0 Å². The monoisotopic (exact) mass is 319 g/mol. The lowest BCUT2D eigenvalue weighted by Crippen LogP contribution is -2.12. The Bertz CT molecular complexity index is 1210. The van der Waals surface area contributed by atoms with Crippen molar-refractivity contribution in [2.24, 2.45) is 0 Å². The molecular weight excluding hydrogens is 296 g/mol. The summed E-state index contributed by atoms with van der Waals surface area (Å²) in [5.74, 6) is 0.426. The number of phenolic OH excluding ortho intramolecular Hbond substituents is 1. The number of nitrogens with zero attached hydrogens (tertiary/aromatic N) is 2. The van der Waals surface area contributed by atoms with Crippen LogP contribution in [-0.4, -0.2) is 14.7 Å². The Hall–Kier alpha value is -2.81. The minimum atomic E-state index is -0.470. The van der Waals surface area contributed by atoms with Gasteiger partial charge in [-0.3, -0.25) is 4.57 Å². The lowest BCUT2D eigenvalue weighted by atomic mass is 9.88. The lowest BCUT2D eigenvalue weighted by Gasteiger charge is -2.20. The SMILES string of the molecule is [2H]c1nc(-n2c3ccccc3c3ccc(O)cc32)c([2H])c(C(C)(C)C)c1[2H]. The van der Waals surface area contributed by atoms with Gasteiger partial charge >= 0.3 is 0 Å². The van der Waals surface area contributed by atoms with Crippen LogP contribution in [0.15, 0.2) is 60.7 Å². The normalized spacial score (nSPS) is 13.9. The Balaban J connectivity index is 2.21. The van der Waals surface area contributed by atoms with Crippen LogP contribution in [0.25, 0.3) is 27.6 Å². The number of hydrogen-bond acceptors (Lipinski definition) is 2. The quantitative estimate of drug-likeness (QED) is 0.525. The Morgan fingerprint density at radius 2 is 1.79 bits per heavy atom. The first-order valence-corrected chi connectivity index (χ1v) is 7.91. The Kier molecular flexibility index (Phi) is 2.48. The second kappa shape index (κ2) is 5.10. The molecule has 4 rings (SSSR count). The maximum atomic E-state index is 10.0. The van der Waals surface area contributed by atoms with Crippen molar-refractivity contribution in [1.82, 2.24) is 9.55 Å². The largest absolute Gasteiger partial charge is 0.508 e. The molecule has 2 aromatic carbocycles. The van der Waals surface area contributed by atoms with Crippen molar-refractivity contribution >= 4 is 21.8 Å². The van der Waals surface area contributed by atoms with Crippen LogP contribution in [0.4, 0.5) is 0 Å². The number of rotatable bonds is 1. The first-order chi connectivity index (χ1) is 12.7. The van der Waals surface area contributed by atoms with Crippen molar-refractivity contribution in [3.63, 3.8) is 0 Å². The molecule has 0 radical (unpaired) electrons. The predicted octanol–water partition coefficient (Wildman–Crippen LogP) is 5.18. The fourth-order valence-electron chi connectivity index (χ4n) is 2.98. The number of benzene rings is 2. The summed E-state index contributed by atoms with van der Waals surface area (Å²) in [5.41, 5.74) is 1.58. The average molecular weight is 319 g/mol. The second-order valence-corrected chi connectivity index (χ2v) is 6.98. The molecule has 0 amide bonds. The van der Waals surface area contributed by atoms with Gasteiger partial charge in [-0.25, -0.2) is 4.98 Å². The van der Waals surface area contributed by atoms with E-state index in [0.717, 1.165) is 16.3 Å². The summed E-state index contributed by atoms with van der Waals surface area (Å²) in [6.45, 7) is 5.79. The zero-order chi connectivity index (χ0) is 19.5. The molecule has 0 aliphatic carbocycles. The molecular formula is C21H20N2O. The number of fused-ring (bicyclic) bond motifs is 3. The van der Waals surface area contributed by atoms with Crippen LogP contribution < -0.4 is 0 Å². The Labute approximate surface area is 145 Å². The predicted molar refractivity (Wildman–Crippen MR) is 98.9 cm³/mol. The van der Waals surface area contributed by atoms with Gasteiger partial charge in [0.2, 0.25) is 0 Å². The van der Waals surface area contributed by atoms with Gasteiger partial charge in [-0.15, -0.1) is 0 Å². The van der Waals surface area contributed by atoms with Crippen LogP contribution >= 0.6 is 0 Å². The molecule has 0 atom stereocenters. The fraction of sp³-hybridized carbons (Fsp3) is 0.190. The van der Waals surface area contributed by atoms with E-state index in [1.807, 2.05) is 51.1 Å². The highest BCUT2D eigenvalue weighted by Gasteiger charge is 2.17. The van der Waals surface area contributed by atoms with Crippen molar-refractivity contribution < 1.29 is 9.22 Å². The van der Waals surface area contributed by atoms with Crippen LogP contribution in [0, 0.1) is 0 Å². The lowest BCUT2D eigenvalue weighted by molar-refractivity contribution is 0.476. The molecule has 3 heteroatoms. The summed E-state index contributed by atoms with van der Waals surface area (Å²) in [5, 5.41) is 11.9. The molecule has 2 heterocycles. The van der Waals surface area contributed by atoms with Gasteiger partial charge < -0.3 is 5.11 Å². The summed E-state index contributed by atoms with van der Waals surface area (Å²) in [7, 11) is 0. The average Bonchev–Trinajstić information content (AvgIpc) is 2.90. The number of phenols is 1. The second-order valence-electron chi connectivity index (χ2n) is 6.98. The molecule has 24 heavy (non-hydrogen) atoms. The minimum Gasteiger partial charge on any atom is -0.508 e. The Morgan fingerprint density at radius 1 is 1.04 bits per heavy atom. The Morgan fingerprint density at radius 3 is 2.58 bits per heavy atom. The van der Waals surface area contributed by atoms with Gasteiger partial charge in [-0.2, -0.15) is 0 Å². The number of hydrogen-bond donors (Lipinski definition) is 1. The van der Waals surface area contributed by atoms with E-state index >= 15 is 0 Å². The highest BCUT2D eigenvalue weighted by Crippen LogP contribution is 2.34. The van der Waals surface area contributed by atoms with E-state index in [-0.39, 0.29) is 24.0 Å². The first kappa shape index (κ1) is 11.7. The van der Waals surface area contributed by atoms with Crippen LogP contribution in [0.5, 0.6) is 5.75 Å². The van der Waals surface area contributed by atoms with Crippen molar-refractivity contribution in [2.75, 3.05) is 0 Å². The van der Waals surface area contributed by atoms with Crippen LogP contribution in [0.2, 0.25) is 0 Å². The van der Waals surface area contributed by atoms with Crippen LogP contribution in [0.1, 0.15) is 30.4 Å². The van der Waals surface area contributed by atoms with Gasteiger partial charge in [-0.1, -0.05) is 39.0 Å². The van der Waals surface area contributed by atoms with Crippen LogP contribution in [-0.2, 0) is 5.41 Å². The third kappa shape index (κ3) is 2.24. The highest BCUT2D eigenvalue weighted by atomic mass is 16.3. The van der Waals surface area contributed by atoms with E-state index in [0.29, 0.717) is 16.9 Å². The third-order valence-corrected chi connectivity index (χ3v) is 4.20. The van der Waals surface area contributed by atoms with E-state index in [1.165, 1.54) is 0 Å². The smallest absolute Gasteiger partial charge is 0.137 e. The molecule has 0 aliphatic rings. The van der Waals surface area contributed by atoms with E-state index in [9.17, 15) is 5.11 Å². The maximum absolute atomic E-state index is 10.0. The summed E-state index contributed by atoms with van der Waals surface area (Å²) in [6.07, 6.45) is -0.156. The summed E-state index contributed by atoms with van der Waals surface area (Å²) in [4.78, 5) is 4.29. The zero-order valence-corrected chi connectivity index (χ0v) is 13.9. The molecule has 0 saturated carbocycles. The van der Waals surface area contributed by atoms with Crippen molar-refractivity contribution in [2.45, 2.75) is 26.2 Å². The number of aromatic hydroxyl groups is 1. The highest BCUT2D eigenvalue weighted by molar-refractivity contribution is 6.09. The number of aromatic nitrogens is 2. The minimum absolute atomic E-state index is 0.0140. The molecule has 0 unspecified atom stereocenters. The van der Waals surface area contributed by atoms with Gasteiger partial charge in [-0.05, 0) is 41.3 Å². The topological polar surface area (TPSA) is 38.0 Å². The molecule has 2 aromatic heterocycles. The molecule has 0 fully saturated rings. The third-order valence-electron chi connectivity index (χ3n) is 4.20. The number of para-hydroxylation sites is 1. The van der Waals surface area contributed by atoms with Crippen molar-refractivity contribution in [1.29, 1.82) is 0 Å². The summed E-state index contributed by atoms with van der Waals surface area (Å²) in [6, 6.07) is 13.0. The molecule has 0 bridgehead atoms. The van der Waals surface area contributed by atoms with E-state index in [4.69, 9.17) is 4.11 Å². The molecule has 4 aromatic rings. The molecule has 3 nitrogen and oxygen atoms in total. The van der Waals surface area contributed by atoms with Gasteiger partial charge in [0.25, 0.3) is 0 Å². The number of pyridine rings is 1. The van der Waals surface area contributed by atoms with E-state index < -0.39 is 5.41 Å². The first-order valence-electron chi connectivity index (χ1n) is 9.41. The van der Waals surface area contributed by atoms with E-state index in [2.05, 4.69) is 4.98 Å². The van der Waals surface area contributed by atoms with Gasteiger partial charge in [0.1, 0.15) is 11.6 Å². The van der Waals surface area contributed by atoms with E-state index in [1.54, 1.807) is 16.7 Å². The maximum Gasteiger partial charge on any atom is 0.137 e.